The lowest BCUT2D eigenvalue weighted by atomic mass is 10.1. The van der Waals surface area contributed by atoms with E-state index in [-0.39, 0.29) is 19.8 Å². The maximum atomic E-state index is 12.6. The molecule has 0 fully saturated rings. The van der Waals surface area contributed by atoms with E-state index in [1.54, 1.807) is 0 Å². The van der Waals surface area contributed by atoms with Gasteiger partial charge < -0.3 is 14.4 Å². The normalized spacial score (nSPS) is 11.1. The number of hydrogen-bond donors (Lipinski definition) is 0. The van der Waals surface area contributed by atoms with Crippen molar-refractivity contribution in [2.45, 2.75) is 12.7 Å². The zero-order valence-electron chi connectivity index (χ0n) is 12.6. The predicted octanol–water partition coefficient (Wildman–Crippen LogP) is 2.11. The molecular formula is C15H17F3N2O3. The number of halogens is 3. The molecule has 126 valence electrons. The highest BCUT2D eigenvalue weighted by Gasteiger charge is 2.33. The maximum absolute atomic E-state index is 12.6. The summed E-state index contributed by atoms with van der Waals surface area (Å²) in [6, 6.07) is 7.92. The number of ether oxygens (including phenoxy) is 2. The van der Waals surface area contributed by atoms with E-state index in [2.05, 4.69) is 0 Å². The van der Waals surface area contributed by atoms with Crippen LogP contribution in [0.5, 0.6) is 0 Å². The standard InChI is InChI=1S/C15H17F3N2O3/c1-22-6-7-23-10-14(21)20(11-15(16,17)18)9-13-4-2-12(8-19)3-5-13/h2-5H,6-7,9-11H2,1H3. The first kappa shape index (κ1) is 18.9. The molecule has 1 amide bonds. The minimum Gasteiger partial charge on any atom is -0.382 e. The van der Waals surface area contributed by atoms with Crippen molar-refractivity contribution in [3.05, 3.63) is 35.4 Å². The summed E-state index contributed by atoms with van der Waals surface area (Å²) >= 11 is 0. The molecule has 0 saturated carbocycles. The number of alkyl halides is 3. The lowest BCUT2D eigenvalue weighted by Crippen LogP contribution is -2.40. The second-order valence-electron chi connectivity index (χ2n) is 4.72. The van der Waals surface area contributed by atoms with Gasteiger partial charge in [0.1, 0.15) is 13.2 Å². The van der Waals surface area contributed by atoms with Gasteiger partial charge in [-0.2, -0.15) is 18.4 Å². The summed E-state index contributed by atoms with van der Waals surface area (Å²) in [7, 11) is 1.45. The Kier molecular flexibility index (Phi) is 7.51. The van der Waals surface area contributed by atoms with Gasteiger partial charge in [-0.15, -0.1) is 0 Å². The number of carbonyl (C=O) groups is 1. The molecule has 0 bridgehead atoms. The molecule has 1 rings (SSSR count). The van der Waals surface area contributed by atoms with Gasteiger partial charge in [0.15, 0.2) is 0 Å². The van der Waals surface area contributed by atoms with Crippen LogP contribution in [0.1, 0.15) is 11.1 Å². The van der Waals surface area contributed by atoms with Crippen molar-refractivity contribution in [3.8, 4) is 6.07 Å². The monoisotopic (exact) mass is 330 g/mol. The molecule has 0 aromatic heterocycles. The number of benzene rings is 1. The maximum Gasteiger partial charge on any atom is 0.406 e. The Hall–Kier alpha value is -2.11. The molecule has 8 heteroatoms. The van der Waals surface area contributed by atoms with Gasteiger partial charge in [0.05, 0.1) is 24.8 Å². The Balaban J connectivity index is 2.71. The summed E-state index contributed by atoms with van der Waals surface area (Å²) in [4.78, 5) is 12.6. The van der Waals surface area contributed by atoms with E-state index in [0.717, 1.165) is 0 Å². The second kappa shape index (κ2) is 9.12. The fourth-order valence-corrected chi connectivity index (χ4v) is 1.75. The molecule has 0 heterocycles. The largest absolute Gasteiger partial charge is 0.406 e. The van der Waals surface area contributed by atoms with E-state index < -0.39 is 25.2 Å². The van der Waals surface area contributed by atoms with Crippen LogP contribution in [-0.4, -0.2) is 50.5 Å². The Morgan fingerprint density at radius 2 is 1.91 bits per heavy atom. The minimum atomic E-state index is -4.51. The van der Waals surface area contributed by atoms with Crippen LogP contribution in [-0.2, 0) is 20.8 Å². The van der Waals surface area contributed by atoms with Crippen LogP contribution in [0.2, 0.25) is 0 Å². The smallest absolute Gasteiger partial charge is 0.382 e. The number of nitrogens with zero attached hydrogens (tertiary/aromatic N) is 2. The molecule has 0 aliphatic heterocycles. The predicted molar refractivity (Wildman–Crippen MR) is 75.3 cm³/mol. The van der Waals surface area contributed by atoms with Crippen LogP contribution in [0.3, 0.4) is 0 Å². The average molecular weight is 330 g/mol. The minimum absolute atomic E-state index is 0.124. The molecular weight excluding hydrogens is 313 g/mol. The summed E-state index contributed by atoms with van der Waals surface area (Å²) in [6.07, 6.45) is -4.51. The summed E-state index contributed by atoms with van der Waals surface area (Å²) in [5, 5.41) is 8.70. The molecule has 0 atom stereocenters. The molecule has 1 aromatic carbocycles. The van der Waals surface area contributed by atoms with Crippen molar-refractivity contribution in [2.75, 3.05) is 33.5 Å². The SMILES string of the molecule is COCCOCC(=O)N(Cc1ccc(C#N)cc1)CC(F)(F)F. The summed E-state index contributed by atoms with van der Waals surface area (Å²) in [5.41, 5.74) is 0.892. The Morgan fingerprint density at radius 1 is 1.26 bits per heavy atom. The fourth-order valence-electron chi connectivity index (χ4n) is 1.75. The third kappa shape index (κ3) is 7.63. The highest BCUT2D eigenvalue weighted by molar-refractivity contribution is 5.77. The van der Waals surface area contributed by atoms with Gasteiger partial charge in [-0.1, -0.05) is 12.1 Å². The van der Waals surface area contributed by atoms with E-state index in [0.29, 0.717) is 16.0 Å². The molecule has 0 saturated heterocycles. The molecule has 5 nitrogen and oxygen atoms in total. The second-order valence-corrected chi connectivity index (χ2v) is 4.72. The van der Waals surface area contributed by atoms with E-state index in [1.165, 1.54) is 31.4 Å². The molecule has 0 unspecified atom stereocenters. The van der Waals surface area contributed by atoms with Crippen LogP contribution in [0.25, 0.3) is 0 Å². The highest BCUT2D eigenvalue weighted by Crippen LogP contribution is 2.18. The van der Waals surface area contributed by atoms with Crippen molar-refractivity contribution in [3.63, 3.8) is 0 Å². The number of rotatable bonds is 8. The van der Waals surface area contributed by atoms with E-state index in [1.807, 2.05) is 6.07 Å². The van der Waals surface area contributed by atoms with Gasteiger partial charge >= 0.3 is 6.18 Å². The first-order chi connectivity index (χ1) is 10.9. The Labute approximate surface area is 132 Å². The lowest BCUT2D eigenvalue weighted by molar-refractivity contribution is -0.165. The van der Waals surface area contributed by atoms with Crippen molar-refractivity contribution in [1.29, 1.82) is 5.26 Å². The molecule has 0 spiro atoms. The van der Waals surface area contributed by atoms with Gasteiger partial charge in [0, 0.05) is 13.7 Å². The number of hydrogen-bond acceptors (Lipinski definition) is 4. The van der Waals surface area contributed by atoms with Crippen molar-refractivity contribution in [2.24, 2.45) is 0 Å². The van der Waals surface area contributed by atoms with Crippen LogP contribution in [0.4, 0.5) is 13.2 Å². The topological polar surface area (TPSA) is 62.6 Å². The average Bonchev–Trinajstić information content (AvgIpc) is 2.50. The van der Waals surface area contributed by atoms with Gasteiger partial charge in [-0.25, -0.2) is 0 Å². The zero-order chi connectivity index (χ0) is 17.3. The van der Waals surface area contributed by atoms with E-state index in [9.17, 15) is 18.0 Å². The first-order valence-corrected chi connectivity index (χ1v) is 6.76. The third-order valence-corrected chi connectivity index (χ3v) is 2.84. The van der Waals surface area contributed by atoms with E-state index >= 15 is 0 Å². The molecule has 23 heavy (non-hydrogen) atoms. The molecule has 0 radical (unpaired) electrons. The summed E-state index contributed by atoms with van der Waals surface area (Å²) < 4.78 is 47.6. The van der Waals surface area contributed by atoms with Crippen molar-refractivity contribution in [1.82, 2.24) is 4.90 Å². The highest BCUT2D eigenvalue weighted by atomic mass is 19.4. The lowest BCUT2D eigenvalue weighted by Gasteiger charge is -2.24. The quantitative estimate of drug-likeness (QED) is 0.685. The van der Waals surface area contributed by atoms with Gasteiger partial charge in [-0.3, -0.25) is 4.79 Å². The number of methoxy groups -OCH3 is 1. The molecule has 0 aliphatic carbocycles. The summed E-state index contributed by atoms with van der Waals surface area (Å²) in [5.74, 6) is -0.761. The van der Waals surface area contributed by atoms with Crippen LogP contribution < -0.4 is 0 Å². The first-order valence-electron chi connectivity index (χ1n) is 6.76. The molecule has 0 aliphatic rings. The number of amides is 1. The van der Waals surface area contributed by atoms with Gasteiger partial charge in [0.2, 0.25) is 5.91 Å². The fraction of sp³-hybridized carbons (Fsp3) is 0.467. The number of carbonyl (C=O) groups excluding carboxylic acids is 1. The zero-order valence-corrected chi connectivity index (χ0v) is 12.6. The van der Waals surface area contributed by atoms with Crippen molar-refractivity contribution >= 4 is 5.91 Å². The number of nitriles is 1. The van der Waals surface area contributed by atoms with Crippen molar-refractivity contribution < 1.29 is 27.4 Å². The molecule has 0 N–H and O–H groups in total. The summed E-state index contributed by atoms with van der Waals surface area (Å²) in [6.45, 7) is -1.64. The third-order valence-electron chi connectivity index (χ3n) is 2.84. The van der Waals surface area contributed by atoms with Crippen LogP contribution in [0, 0.1) is 11.3 Å². The van der Waals surface area contributed by atoms with Crippen LogP contribution >= 0.6 is 0 Å². The Bertz CT molecular complexity index is 538. The van der Waals surface area contributed by atoms with E-state index in [4.69, 9.17) is 14.7 Å². The molecule has 1 aromatic rings. The Morgan fingerprint density at radius 3 is 2.43 bits per heavy atom. The van der Waals surface area contributed by atoms with Crippen LogP contribution in [0.15, 0.2) is 24.3 Å². The van der Waals surface area contributed by atoms with Gasteiger partial charge in [-0.05, 0) is 17.7 Å². The van der Waals surface area contributed by atoms with Gasteiger partial charge in [0.25, 0.3) is 0 Å².